The Kier molecular flexibility index (Phi) is 5.44. The summed E-state index contributed by atoms with van der Waals surface area (Å²) >= 11 is 1.66. The van der Waals surface area contributed by atoms with Gasteiger partial charge in [0.25, 0.3) is 0 Å². The molecule has 0 saturated heterocycles. The van der Waals surface area contributed by atoms with E-state index in [2.05, 4.69) is 34.2 Å². The molecule has 21 heavy (non-hydrogen) atoms. The standard InChI is InChI=1S/C14H21N5OS/c1-4-12(14-17-10(2)11(3)21-14)18-13(20)6-5-7-19-9-15-8-16-19/h8-9,12H,4-7H2,1-3H3,(H,18,20)/t12-/m0/s1. The minimum atomic E-state index is 0.0151. The molecule has 2 aromatic rings. The first kappa shape index (κ1) is 15.6. The van der Waals surface area contributed by atoms with Gasteiger partial charge < -0.3 is 5.32 Å². The second-order valence-electron chi connectivity index (χ2n) is 4.98. The molecule has 0 radical (unpaired) electrons. The lowest BCUT2D eigenvalue weighted by molar-refractivity contribution is -0.122. The number of hydrogen-bond acceptors (Lipinski definition) is 5. The van der Waals surface area contributed by atoms with Crippen molar-refractivity contribution in [1.29, 1.82) is 0 Å². The molecule has 1 N–H and O–H groups in total. The van der Waals surface area contributed by atoms with Crippen molar-refractivity contribution in [3.63, 3.8) is 0 Å². The van der Waals surface area contributed by atoms with Crippen LogP contribution in [0.15, 0.2) is 12.7 Å². The van der Waals surface area contributed by atoms with E-state index < -0.39 is 0 Å². The first-order chi connectivity index (χ1) is 10.1. The summed E-state index contributed by atoms with van der Waals surface area (Å²) in [6, 6.07) is 0.0151. The summed E-state index contributed by atoms with van der Waals surface area (Å²) in [5.41, 5.74) is 1.05. The van der Waals surface area contributed by atoms with Crippen molar-refractivity contribution in [1.82, 2.24) is 25.1 Å². The van der Waals surface area contributed by atoms with Crippen molar-refractivity contribution in [2.75, 3.05) is 0 Å². The topological polar surface area (TPSA) is 72.7 Å². The second kappa shape index (κ2) is 7.31. The quantitative estimate of drug-likeness (QED) is 0.852. The summed E-state index contributed by atoms with van der Waals surface area (Å²) in [7, 11) is 0. The van der Waals surface area contributed by atoms with Crippen LogP contribution in [0.1, 0.15) is 47.8 Å². The molecule has 2 aromatic heterocycles. The molecule has 0 bridgehead atoms. The van der Waals surface area contributed by atoms with Gasteiger partial charge in [-0.25, -0.2) is 9.97 Å². The zero-order chi connectivity index (χ0) is 15.2. The molecule has 114 valence electrons. The molecule has 0 spiro atoms. The maximum atomic E-state index is 12.0. The van der Waals surface area contributed by atoms with Gasteiger partial charge in [-0.05, 0) is 26.7 Å². The third kappa shape index (κ3) is 4.35. The van der Waals surface area contributed by atoms with E-state index in [1.54, 1.807) is 22.3 Å². The van der Waals surface area contributed by atoms with Crippen LogP contribution in [-0.4, -0.2) is 25.7 Å². The second-order valence-corrected chi connectivity index (χ2v) is 6.22. The SMILES string of the molecule is CC[C@H](NC(=O)CCCn1cncn1)c1nc(C)c(C)s1. The number of aryl methyl sites for hydroxylation is 3. The predicted octanol–water partition coefficient (Wildman–Crippen LogP) is 2.40. The van der Waals surface area contributed by atoms with E-state index in [4.69, 9.17) is 0 Å². The predicted molar refractivity (Wildman–Crippen MR) is 82.0 cm³/mol. The van der Waals surface area contributed by atoms with Crippen LogP contribution in [0.2, 0.25) is 0 Å². The van der Waals surface area contributed by atoms with Crippen molar-refractivity contribution in [2.24, 2.45) is 0 Å². The van der Waals surface area contributed by atoms with E-state index in [1.807, 2.05) is 6.92 Å². The molecule has 0 aromatic carbocycles. The molecule has 0 aliphatic heterocycles. The molecule has 2 rings (SSSR count). The average molecular weight is 307 g/mol. The van der Waals surface area contributed by atoms with Crippen LogP contribution in [0.25, 0.3) is 0 Å². The first-order valence-electron chi connectivity index (χ1n) is 7.15. The van der Waals surface area contributed by atoms with Gasteiger partial charge in [-0.3, -0.25) is 9.48 Å². The lowest BCUT2D eigenvalue weighted by Gasteiger charge is -2.14. The van der Waals surface area contributed by atoms with Crippen molar-refractivity contribution in [2.45, 2.75) is 52.6 Å². The third-order valence-corrected chi connectivity index (χ3v) is 4.53. The van der Waals surface area contributed by atoms with Gasteiger partial charge in [0, 0.05) is 17.8 Å². The third-order valence-electron chi connectivity index (χ3n) is 3.34. The van der Waals surface area contributed by atoms with E-state index in [-0.39, 0.29) is 11.9 Å². The van der Waals surface area contributed by atoms with Gasteiger partial charge in [0.2, 0.25) is 5.91 Å². The first-order valence-corrected chi connectivity index (χ1v) is 7.97. The fraction of sp³-hybridized carbons (Fsp3) is 0.571. The van der Waals surface area contributed by atoms with Crippen LogP contribution < -0.4 is 5.32 Å². The smallest absolute Gasteiger partial charge is 0.220 e. The molecule has 0 saturated carbocycles. The van der Waals surface area contributed by atoms with Gasteiger partial charge in [0.1, 0.15) is 17.7 Å². The summed E-state index contributed by atoms with van der Waals surface area (Å²) in [6.07, 6.45) is 5.25. The molecule has 1 amide bonds. The number of rotatable bonds is 7. The highest BCUT2D eigenvalue weighted by molar-refractivity contribution is 7.11. The average Bonchev–Trinajstić information content (AvgIpc) is 3.07. The zero-order valence-corrected chi connectivity index (χ0v) is 13.5. The number of nitrogens with zero attached hydrogens (tertiary/aromatic N) is 4. The van der Waals surface area contributed by atoms with Crippen molar-refractivity contribution in [3.8, 4) is 0 Å². The zero-order valence-electron chi connectivity index (χ0n) is 12.7. The molecule has 1 atom stereocenters. The van der Waals surface area contributed by atoms with Gasteiger partial charge in [0.05, 0.1) is 11.7 Å². The Bertz CT molecular complexity index is 559. The van der Waals surface area contributed by atoms with Gasteiger partial charge in [-0.15, -0.1) is 11.3 Å². The Hall–Kier alpha value is -1.76. The molecule has 2 heterocycles. The lowest BCUT2D eigenvalue weighted by Crippen LogP contribution is -2.28. The summed E-state index contributed by atoms with van der Waals surface area (Å²) < 4.78 is 1.73. The number of nitrogens with one attached hydrogen (secondary N) is 1. The van der Waals surface area contributed by atoms with Crippen molar-refractivity contribution >= 4 is 17.2 Å². The molecular weight excluding hydrogens is 286 g/mol. The molecule has 6 nitrogen and oxygen atoms in total. The van der Waals surface area contributed by atoms with Crippen LogP contribution in [0.3, 0.4) is 0 Å². The largest absolute Gasteiger partial charge is 0.347 e. The normalized spacial score (nSPS) is 12.3. The number of aromatic nitrogens is 4. The summed E-state index contributed by atoms with van der Waals surface area (Å²) in [5, 5.41) is 8.08. The van der Waals surface area contributed by atoms with Crippen LogP contribution in [0.4, 0.5) is 0 Å². The number of carbonyl (C=O) groups excluding carboxylic acids is 1. The fourth-order valence-electron chi connectivity index (χ4n) is 2.00. The van der Waals surface area contributed by atoms with Crippen molar-refractivity contribution in [3.05, 3.63) is 28.2 Å². The molecule has 0 unspecified atom stereocenters. The summed E-state index contributed by atoms with van der Waals surface area (Å²) in [5.74, 6) is 0.0625. The van der Waals surface area contributed by atoms with Gasteiger partial charge in [0.15, 0.2) is 0 Å². The lowest BCUT2D eigenvalue weighted by atomic mass is 10.2. The Labute approximate surface area is 128 Å². The Morgan fingerprint density at radius 2 is 2.29 bits per heavy atom. The highest BCUT2D eigenvalue weighted by atomic mass is 32.1. The highest BCUT2D eigenvalue weighted by Gasteiger charge is 2.17. The molecular formula is C14H21N5OS. The van der Waals surface area contributed by atoms with E-state index in [9.17, 15) is 4.79 Å². The number of thiazole rings is 1. The molecule has 7 heteroatoms. The van der Waals surface area contributed by atoms with Gasteiger partial charge >= 0.3 is 0 Å². The Morgan fingerprint density at radius 1 is 1.48 bits per heavy atom. The Morgan fingerprint density at radius 3 is 2.86 bits per heavy atom. The Balaban J connectivity index is 1.82. The number of amides is 1. The molecule has 0 aliphatic carbocycles. The van der Waals surface area contributed by atoms with E-state index >= 15 is 0 Å². The van der Waals surface area contributed by atoms with Crippen LogP contribution in [0, 0.1) is 13.8 Å². The van der Waals surface area contributed by atoms with E-state index in [1.165, 1.54) is 11.2 Å². The number of hydrogen-bond donors (Lipinski definition) is 1. The van der Waals surface area contributed by atoms with Crippen LogP contribution in [0.5, 0.6) is 0 Å². The van der Waals surface area contributed by atoms with E-state index in [0.717, 1.165) is 23.5 Å². The van der Waals surface area contributed by atoms with Crippen LogP contribution >= 0.6 is 11.3 Å². The molecule has 0 fully saturated rings. The summed E-state index contributed by atoms with van der Waals surface area (Å²) in [4.78, 5) is 21.7. The van der Waals surface area contributed by atoms with E-state index in [0.29, 0.717) is 13.0 Å². The van der Waals surface area contributed by atoms with Crippen LogP contribution in [-0.2, 0) is 11.3 Å². The summed E-state index contributed by atoms with van der Waals surface area (Å²) in [6.45, 7) is 6.83. The maximum Gasteiger partial charge on any atom is 0.220 e. The maximum absolute atomic E-state index is 12.0. The molecule has 0 aliphatic rings. The monoisotopic (exact) mass is 307 g/mol. The van der Waals surface area contributed by atoms with Crippen molar-refractivity contribution < 1.29 is 4.79 Å². The number of carbonyl (C=O) groups is 1. The highest BCUT2D eigenvalue weighted by Crippen LogP contribution is 2.24. The fourth-order valence-corrected chi connectivity index (χ4v) is 3.06. The minimum absolute atomic E-state index is 0.0151. The van der Waals surface area contributed by atoms with Gasteiger partial charge in [-0.1, -0.05) is 6.92 Å². The minimum Gasteiger partial charge on any atom is -0.347 e. The van der Waals surface area contributed by atoms with Gasteiger partial charge in [-0.2, -0.15) is 5.10 Å².